The van der Waals surface area contributed by atoms with E-state index in [4.69, 9.17) is 4.74 Å². The molecule has 32 heavy (non-hydrogen) atoms. The minimum absolute atomic E-state index is 0.141. The van der Waals surface area contributed by atoms with E-state index in [1.165, 1.54) is 24.8 Å². The third-order valence-corrected chi connectivity index (χ3v) is 7.54. The molecule has 7 heteroatoms. The molecule has 0 amide bonds. The number of benzene rings is 1. The number of thioether (sulfide) groups is 1. The molecule has 0 saturated carbocycles. The van der Waals surface area contributed by atoms with E-state index in [0.717, 1.165) is 49.0 Å². The molecule has 1 aliphatic rings. The standard InChI is InChI=1S/C25H35FN2O3S/c1-3-4-13-32-14-12-28-11-10-18(22(17-28)25(29)30)6-5-7-20-21-15-19(31-2)8-9-24(21)27-16-23(20)26/h8-9,15-16,18,22H,3-7,10-14,17H2,1-2H3,(H,29,30)/t18-,22+/m0/s1. The summed E-state index contributed by atoms with van der Waals surface area (Å²) in [4.78, 5) is 18.4. The lowest BCUT2D eigenvalue weighted by atomic mass is 9.81. The van der Waals surface area contributed by atoms with E-state index in [9.17, 15) is 14.3 Å². The number of carboxylic acid groups (broad SMARTS) is 1. The largest absolute Gasteiger partial charge is 0.497 e. The first-order valence-electron chi connectivity index (χ1n) is 11.7. The van der Waals surface area contributed by atoms with Crippen molar-refractivity contribution in [1.82, 2.24) is 9.88 Å². The number of likely N-dealkylation sites (tertiary alicyclic amines) is 1. The highest BCUT2D eigenvalue weighted by atomic mass is 32.2. The van der Waals surface area contributed by atoms with Crippen LogP contribution in [0.1, 0.15) is 44.6 Å². The SMILES string of the molecule is CCCCSCCN1CC[C@H](CCCc2c(F)cnc3ccc(OC)cc23)[C@H](C(=O)O)C1. The average molecular weight is 463 g/mol. The van der Waals surface area contributed by atoms with Crippen molar-refractivity contribution in [2.24, 2.45) is 11.8 Å². The van der Waals surface area contributed by atoms with Crippen LogP contribution in [-0.2, 0) is 11.2 Å². The molecule has 0 bridgehead atoms. The van der Waals surface area contributed by atoms with Crippen molar-refractivity contribution in [3.8, 4) is 5.75 Å². The first-order valence-corrected chi connectivity index (χ1v) is 12.8. The zero-order valence-electron chi connectivity index (χ0n) is 19.2. The molecule has 1 N–H and O–H groups in total. The van der Waals surface area contributed by atoms with Crippen molar-refractivity contribution in [3.63, 3.8) is 0 Å². The van der Waals surface area contributed by atoms with Crippen LogP contribution >= 0.6 is 11.8 Å². The van der Waals surface area contributed by atoms with Crippen LogP contribution in [0, 0.1) is 17.7 Å². The van der Waals surface area contributed by atoms with Gasteiger partial charge in [-0.25, -0.2) is 4.39 Å². The van der Waals surface area contributed by atoms with Crippen LogP contribution in [0.4, 0.5) is 4.39 Å². The summed E-state index contributed by atoms with van der Waals surface area (Å²) in [5.74, 6) is 1.71. The van der Waals surface area contributed by atoms with Crippen molar-refractivity contribution >= 4 is 28.6 Å². The van der Waals surface area contributed by atoms with E-state index < -0.39 is 5.97 Å². The van der Waals surface area contributed by atoms with Gasteiger partial charge >= 0.3 is 5.97 Å². The van der Waals surface area contributed by atoms with E-state index in [0.29, 0.717) is 24.3 Å². The van der Waals surface area contributed by atoms with Gasteiger partial charge in [0.15, 0.2) is 0 Å². The third-order valence-electron chi connectivity index (χ3n) is 6.49. The van der Waals surface area contributed by atoms with E-state index in [1.54, 1.807) is 7.11 Å². The Hall–Kier alpha value is -1.86. The number of aliphatic carboxylic acids is 1. The van der Waals surface area contributed by atoms with Crippen LogP contribution in [0.25, 0.3) is 10.9 Å². The minimum atomic E-state index is -0.705. The Labute approximate surface area is 194 Å². The van der Waals surface area contributed by atoms with Gasteiger partial charge in [-0.15, -0.1) is 0 Å². The molecular weight excluding hydrogens is 427 g/mol. The zero-order valence-corrected chi connectivity index (χ0v) is 20.0. The molecule has 0 radical (unpaired) electrons. The van der Waals surface area contributed by atoms with Crippen LogP contribution in [0.15, 0.2) is 24.4 Å². The van der Waals surface area contributed by atoms with E-state index in [1.807, 2.05) is 30.0 Å². The lowest BCUT2D eigenvalue weighted by Crippen LogP contribution is -2.44. The summed E-state index contributed by atoms with van der Waals surface area (Å²) in [5, 5.41) is 10.6. The molecule has 3 rings (SSSR count). The third kappa shape index (κ3) is 6.58. The molecule has 2 atom stereocenters. The molecule has 1 aromatic heterocycles. The summed E-state index contributed by atoms with van der Waals surface area (Å²) in [7, 11) is 1.59. The molecule has 1 aromatic carbocycles. The number of carboxylic acids is 1. The molecule has 176 valence electrons. The van der Waals surface area contributed by atoms with Gasteiger partial charge in [-0.05, 0) is 74.1 Å². The molecule has 2 aromatic rings. The van der Waals surface area contributed by atoms with Crippen molar-refractivity contribution in [1.29, 1.82) is 0 Å². The monoisotopic (exact) mass is 462 g/mol. The fourth-order valence-corrected chi connectivity index (χ4v) is 5.65. The highest BCUT2D eigenvalue weighted by molar-refractivity contribution is 7.99. The number of ether oxygens (including phenoxy) is 1. The minimum Gasteiger partial charge on any atom is -0.497 e. The van der Waals surface area contributed by atoms with Crippen molar-refractivity contribution in [3.05, 3.63) is 35.8 Å². The summed E-state index contributed by atoms with van der Waals surface area (Å²) in [6.07, 6.45) is 6.75. The van der Waals surface area contributed by atoms with Gasteiger partial charge in [0.1, 0.15) is 11.6 Å². The Morgan fingerprint density at radius 1 is 1.34 bits per heavy atom. The molecule has 0 aliphatic carbocycles. The second kappa shape index (κ2) is 12.4. The lowest BCUT2D eigenvalue weighted by molar-refractivity contribution is -0.146. The number of aryl methyl sites for hydroxylation is 1. The van der Waals surface area contributed by atoms with Crippen LogP contribution in [0.3, 0.4) is 0 Å². The second-order valence-electron chi connectivity index (χ2n) is 8.62. The molecule has 5 nitrogen and oxygen atoms in total. The Morgan fingerprint density at radius 3 is 2.94 bits per heavy atom. The molecule has 1 aliphatic heterocycles. The van der Waals surface area contributed by atoms with E-state index >= 15 is 0 Å². The van der Waals surface area contributed by atoms with Gasteiger partial charge < -0.3 is 14.7 Å². The summed E-state index contributed by atoms with van der Waals surface area (Å²) in [6, 6.07) is 5.50. The summed E-state index contributed by atoms with van der Waals surface area (Å²) in [6.45, 7) is 4.73. The number of methoxy groups -OCH3 is 1. The van der Waals surface area contributed by atoms with Crippen molar-refractivity contribution < 1.29 is 19.0 Å². The molecule has 1 fully saturated rings. The maximum atomic E-state index is 14.6. The topological polar surface area (TPSA) is 62.7 Å². The van der Waals surface area contributed by atoms with Gasteiger partial charge in [-0.3, -0.25) is 9.78 Å². The smallest absolute Gasteiger partial charge is 0.308 e. The van der Waals surface area contributed by atoms with Gasteiger partial charge in [0.2, 0.25) is 0 Å². The lowest BCUT2D eigenvalue weighted by Gasteiger charge is -2.36. The molecular formula is C25H35FN2O3S. The molecule has 2 heterocycles. The normalized spacial score (nSPS) is 19.3. The number of unbranched alkanes of at least 4 members (excludes halogenated alkanes) is 1. The van der Waals surface area contributed by atoms with E-state index in [2.05, 4.69) is 16.8 Å². The summed E-state index contributed by atoms with van der Waals surface area (Å²) < 4.78 is 19.9. The number of pyridine rings is 1. The highest BCUT2D eigenvalue weighted by Gasteiger charge is 2.33. The van der Waals surface area contributed by atoms with E-state index in [-0.39, 0.29) is 17.7 Å². The summed E-state index contributed by atoms with van der Waals surface area (Å²) in [5.41, 5.74) is 1.39. The van der Waals surface area contributed by atoms with Gasteiger partial charge in [0.05, 0.1) is 24.7 Å². The van der Waals surface area contributed by atoms with Gasteiger partial charge in [-0.2, -0.15) is 11.8 Å². The van der Waals surface area contributed by atoms with Gasteiger partial charge in [0, 0.05) is 24.2 Å². The Balaban J connectivity index is 1.56. The number of halogens is 1. The Bertz CT molecular complexity index is 895. The number of hydrogen-bond donors (Lipinski definition) is 1. The number of carbonyl (C=O) groups is 1. The van der Waals surface area contributed by atoms with Crippen LogP contribution in [-0.4, -0.2) is 59.2 Å². The second-order valence-corrected chi connectivity index (χ2v) is 9.84. The molecule has 0 spiro atoms. The van der Waals surface area contributed by atoms with Crippen molar-refractivity contribution in [2.45, 2.75) is 45.4 Å². The molecule has 1 saturated heterocycles. The number of hydrogen-bond acceptors (Lipinski definition) is 5. The van der Waals surface area contributed by atoms with Crippen LogP contribution in [0.2, 0.25) is 0 Å². The van der Waals surface area contributed by atoms with Gasteiger partial charge in [-0.1, -0.05) is 13.3 Å². The fourth-order valence-electron chi connectivity index (χ4n) is 4.56. The molecule has 0 unspecified atom stereocenters. The number of rotatable bonds is 12. The van der Waals surface area contributed by atoms with Crippen LogP contribution < -0.4 is 4.74 Å². The quantitative estimate of drug-likeness (QED) is 0.434. The Morgan fingerprint density at radius 2 is 2.19 bits per heavy atom. The number of fused-ring (bicyclic) bond motifs is 1. The highest BCUT2D eigenvalue weighted by Crippen LogP contribution is 2.31. The van der Waals surface area contributed by atoms with Crippen molar-refractivity contribution in [2.75, 3.05) is 38.2 Å². The number of nitrogens with zero attached hydrogens (tertiary/aromatic N) is 2. The summed E-state index contributed by atoms with van der Waals surface area (Å²) >= 11 is 1.96. The maximum Gasteiger partial charge on any atom is 0.308 e. The zero-order chi connectivity index (χ0) is 22.9. The first-order chi connectivity index (χ1) is 15.5. The fraction of sp³-hybridized carbons (Fsp3) is 0.600. The Kier molecular flexibility index (Phi) is 9.60. The average Bonchev–Trinajstić information content (AvgIpc) is 2.80. The van der Waals surface area contributed by atoms with Gasteiger partial charge in [0.25, 0.3) is 0 Å². The maximum absolute atomic E-state index is 14.6. The first kappa shape index (κ1) is 24.8. The van der Waals surface area contributed by atoms with Crippen LogP contribution in [0.5, 0.6) is 5.75 Å². The number of aromatic nitrogens is 1. The predicted octanol–water partition coefficient (Wildman–Crippen LogP) is 5.26. The predicted molar refractivity (Wildman–Crippen MR) is 129 cm³/mol. The number of piperidine rings is 1.